The van der Waals surface area contributed by atoms with E-state index in [0.29, 0.717) is 0 Å². The molecule has 18 aromatic rings. The standard InChI is InChI=1S/C105H62BN3/c1-2-27-63(28-3-1)64-53-55-65(56-54-64)107-95-58-57-79-74-36-11-23-49-89(74)105(86-46-20-8-33-71(86)72-34-9-21-47-87(72)105)100(79)102(95)106-91-62-90-80(75-37-12-17-43-83(75)103(90)81-41-15-4-29-67(81)68-30-5-16-42-82(68)103)61-96(91)109(98-60-66(59-97(107)101(98)106)108-92-50-24-13-38-76(92)77-39-14-25-51-93(77)108)94-52-26-40-78-73-35-10-22-48-88(73)104(99(78)94)84-44-18-6-31-69(84)70-32-7-19-45-85(70)104/h1-62H. The fraction of sp³-hybridized carbons (Fsp3) is 0.0286. The van der Waals surface area contributed by atoms with Crippen LogP contribution in [0.4, 0.5) is 34.1 Å². The molecule has 6 aliphatic carbocycles. The summed E-state index contributed by atoms with van der Waals surface area (Å²) in [6.45, 7) is -0.354. The zero-order chi connectivity index (χ0) is 70.7. The zero-order valence-electron chi connectivity index (χ0n) is 59.2. The molecule has 109 heavy (non-hydrogen) atoms. The average Bonchev–Trinajstić information content (AvgIpc) is 1.51. The summed E-state index contributed by atoms with van der Waals surface area (Å²) in [6, 6.07) is 146. The van der Waals surface area contributed by atoms with Crippen LogP contribution in [0, 0.1) is 0 Å². The van der Waals surface area contributed by atoms with Crippen LogP contribution in [0.25, 0.3) is 105 Å². The normalized spacial score (nSPS) is 15.0. The van der Waals surface area contributed by atoms with Gasteiger partial charge in [-0.2, -0.15) is 0 Å². The van der Waals surface area contributed by atoms with Crippen LogP contribution in [0.2, 0.25) is 0 Å². The largest absolute Gasteiger partial charge is 0.311 e. The van der Waals surface area contributed by atoms with Crippen molar-refractivity contribution in [3.05, 3.63) is 443 Å². The molecular formula is C105H62BN3. The third-order valence-electron chi connectivity index (χ3n) is 26.6. The first-order valence-electron chi connectivity index (χ1n) is 38.4. The zero-order valence-corrected chi connectivity index (χ0v) is 59.2. The SMILES string of the molecule is c1ccc(-c2ccc(N3c4cc(-n5c6ccccc6c6ccccc65)cc5c4B(c4cc6c(cc4N5c4cccc5c4C4(c7ccccc7-c7ccccc74)c4ccccc4-5)-c4ccccc4C64c5ccccc5-c5ccccc54)c4c3ccc3c4C4(c5ccccc5-c5ccccc54)c4ccccc4-3)cc2)cc1. The summed E-state index contributed by atoms with van der Waals surface area (Å²) < 4.78 is 2.57. The molecule has 0 saturated carbocycles. The number of benzene rings is 17. The van der Waals surface area contributed by atoms with E-state index in [1.54, 1.807) is 0 Å². The minimum atomic E-state index is -0.718. The van der Waals surface area contributed by atoms with Crippen molar-refractivity contribution >= 4 is 79.0 Å². The summed E-state index contributed by atoms with van der Waals surface area (Å²) >= 11 is 0. The Bertz CT molecular complexity index is 6930. The molecule has 0 bridgehead atoms. The summed E-state index contributed by atoms with van der Waals surface area (Å²) in [4.78, 5) is 5.52. The molecule has 8 aliphatic rings. The fourth-order valence-electron chi connectivity index (χ4n) is 22.9. The van der Waals surface area contributed by atoms with Crippen LogP contribution in [0.5, 0.6) is 0 Å². The van der Waals surface area contributed by atoms with Crippen molar-refractivity contribution in [3.63, 3.8) is 0 Å². The van der Waals surface area contributed by atoms with E-state index in [0.717, 1.165) is 39.5 Å². The van der Waals surface area contributed by atoms with Crippen LogP contribution >= 0.6 is 0 Å². The van der Waals surface area contributed by atoms with E-state index >= 15 is 0 Å². The second kappa shape index (κ2) is 20.8. The molecule has 0 amide bonds. The fourth-order valence-corrected chi connectivity index (χ4v) is 22.9. The van der Waals surface area contributed by atoms with Crippen molar-refractivity contribution in [1.82, 2.24) is 4.57 Å². The maximum absolute atomic E-state index is 2.82. The van der Waals surface area contributed by atoms with Crippen molar-refractivity contribution in [2.45, 2.75) is 16.2 Å². The van der Waals surface area contributed by atoms with E-state index < -0.39 is 16.2 Å². The lowest BCUT2D eigenvalue weighted by Gasteiger charge is -2.47. The van der Waals surface area contributed by atoms with E-state index in [9.17, 15) is 0 Å². The lowest BCUT2D eigenvalue weighted by Crippen LogP contribution is -2.63. The van der Waals surface area contributed by atoms with Gasteiger partial charge in [0.25, 0.3) is 6.71 Å². The topological polar surface area (TPSA) is 11.4 Å². The van der Waals surface area contributed by atoms with Gasteiger partial charge in [-0.3, -0.25) is 0 Å². The number of hydrogen-bond donors (Lipinski definition) is 0. The van der Waals surface area contributed by atoms with Gasteiger partial charge < -0.3 is 14.4 Å². The average molecular weight is 1380 g/mol. The van der Waals surface area contributed by atoms with Crippen LogP contribution in [-0.4, -0.2) is 11.3 Å². The quantitative estimate of drug-likeness (QED) is 0.163. The van der Waals surface area contributed by atoms with E-state index in [-0.39, 0.29) is 6.71 Å². The first-order valence-corrected chi connectivity index (χ1v) is 38.4. The number of para-hydroxylation sites is 2. The second-order valence-electron chi connectivity index (χ2n) is 31.0. The molecule has 3 nitrogen and oxygen atoms in total. The van der Waals surface area contributed by atoms with Crippen molar-refractivity contribution in [2.75, 3.05) is 9.80 Å². The number of hydrogen-bond acceptors (Lipinski definition) is 2. The predicted molar refractivity (Wildman–Crippen MR) is 449 cm³/mol. The van der Waals surface area contributed by atoms with Crippen molar-refractivity contribution in [1.29, 1.82) is 0 Å². The molecule has 500 valence electrons. The molecule has 0 radical (unpaired) electrons. The molecule has 0 unspecified atom stereocenters. The number of nitrogens with zero attached hydrogens (tertiary/aromatic N) is 3. The molecule has 0 N–H and O–H groups in total. The summed E-state index contributed by atoms with van der Waals surface area (Å²) in [5.41, 5.74) is 45.6. The number of aromatic nitrogens is 1. The summed E-state index contributed by atoms with van der Waals surface area (Å²) in [5.74, 6) is 0. The molecule has 2 aliphatic heterocycles. The Kier molecular flexibility index (Phi) is 11.2. The lowest BCUT2D eigenvalue weighted by atomic mass is 9.31. The molecule has 0 saturated heterocycles. The van der Waals surface area contributed by atoms with Crippen molar-refractivity contribution in [2.24, 2.45) is 0 Å². The minimum absolute atomic E-state index is 0.354. The van der Waals surface area contributed by atoms with Gasteiger partial charge in [0.2, 0.25) is 0 Å². The molecular weight excluding hydrogens is 1310 g/mol. The molecule has 0 atom stereocenters. The molecule has 1 aromatic heterocycles. The van der Waals surface area contributed by atoms with Gasteiger partial charge in [-0.15, -0.1) is 0 Å². The number of fused-ring (bicyclic) bond motifs is 38. The smallest absolute Gasteiger partial charge is 0.252 e. The summed E-state index contributed by atoms with van der Waals surface area (Å²) in [5, 5.41) is 2.44. The van der Waals surface area contributed by atoms with Gasteiger partial charge in [-0.25, -0.2) is 0 Å². The predicted octanol–water partition coefficient (Wildman–Crippen LogP) is 23.6. The highest BCUT2D eigenvalue weighted by atomic mass is 15.2. The van der Waals surface area contributed by atoms with Crippen LogP contribution in [0.1, 0.15) is 66.8 Å². The van der Waals surface area contributed by atoms with Gasteiger partial charge in [0, 0.05) is 44.8 Å². The molecule has 3 heterocycles. The Morgan fingerprint density at radius 2 is 0.578 bits per heavy atom. The Hall–Kier alpha value is -13.8. The highest BCUT2D eigenvalue weighted by Gasteiger charge is 2.60. The summed E-state index contributed by atoms with van der Waals surface area (Å²) in [7, 11) is 0. The minimum Gasteiger partial charge on any atom is -0.311 e. The molecule has 4 heteroatoms. The van der Waals surface area contributed by atoms with Crippen LogP contribution in [-0.2, 0) is 16.2 Å². The van der Waals surface area contributed by atoms with E-state index in [1.807, 2.05) is 0 Å². The summed E-state index contributed by atoms with van der Waals surface area (Å²) in [6.07, 6.45) is 0. The van der Waals surface area contributed by atoms with Gasteiger partial charge in [0.15, 0.2) is 0 Å². The van der Waals surface area contributed by atoms with Gasteiger partial charge in [0.1, 0.15) is 0 Å². The molecule has 3 spiro atoms. The Labute approximate surface area is 631 Å². The van der Waals surface area contributed by atoms with Crippen LogP contribution < -0.4 is 26.2 Å². The lowest BCUT2D eigenvalue weighted by molar-refractivity contribution is 0.792. The third kappa shape index (κ3) is 6.92. The van der Waals surface area contributed by atoms with Gasteiger partial charge in [-0.1, -0.05) is 322 Å². The maximum Gasteiger partial charge on any atom is 0.252 e. The van der Waals surface area contributed by atoms with E-state index in [4.69, 9.17) is 0 Å². The number of rotatable bonds is 4. The van der Waals surface area contributed by atoms with Gasteiger partial charge in [0.05, 0.1) is 38.7 Å². The highest BCUT2D eigenvalue weighted by molar-refractivity contribution is 7.01. The Balaban J connectivity index is 0.878. The third-order valence-corrected chi connectivity index (χ3v) is 26.6. The van der Waals surface area contributed by atoms with Crippen LogP contribution in [0.15, 0.2) is 376 Å². The first-order chi connectivity index (χ1) is 54.1. The van der Waals surface area contributed by atoms with Gasteiger partial charge in [-0.05, 0) is 210 Å². The highest BCUT2D eigenvalue weighted by Crippen LogP contribution is 2.69. The number of anilines is 6. The van der Waals surface area contributed by atoms with E-state index in [1.165, 1.54) is 183 Å². The Morgan fingerprint density at radius 3 is 1.06 bits per heavy atom. The monoisotopic (exact) mass is 1380 g/mol. The van der Waals surface area contributed by atoms with Crippen molar-refractivity contribution in [3.8, 4) is 83.6 Å². The van der Waals surface area contributed by atoms with Crippen molar-refractivity contribution < 1.29 is 0 Å². The molecule has 17 aromatic carbocycles. The molecule has 26 rings (SSSR count). The second-order valence-corrected chi connectivity index (χ2v) is 31.0. The molecule has 0 fully saturated rings. The first kappa shape index (κ1) is 58.5. The van der Waals surface area contributed by atoms with Gasteiger partial charge >= 0.3 is 0 Å². The van der Waals surface area contributed by atoms with Crippen LogP contribution in [0.3, 0.4) is 0 Å². The Morgan fingerprint density at radius 1 is 0.202 bits per heavy atom. The van der Waals surface area contributed by atoms with E-state index in [2.05, 4.69) is 390 Å². The maximum atomic E-state index is 2.82.